The zero-order valence-electron chi connectivity index (χ0n) is 11.8. The molecule has 0 atom stereocenters. The largest absolute Gasteiger partial charge is 0.417 e. The number of aromatic nitrogens is 3. The molecule has 0 spiro atoms. The van der Waals surface area contributed by atoms with Crippen molar-refractivity contribution >= 4 is 23.3 Å². The topological polar surface area (TPSA) is 71.8 Å². The van der Waals surface area contributed by atoms with Gasteiger partial charge in [-0.25, -0.2) is 4.98 Å². The number of hydrogen-bond donors (Lipinski definition) is 2. The number of carbonyl (C=O) groups excluding carboxylic acids is 1. The van der Waals surface area contributed by atoms with Crippen LogP contribution in [-0.4, -0.2) is 33.8 Å². The van der Waals surface area contributed by atoms with E-state index >= 15 is 0 Å². The van der Waals surface area contributed by atoms with Crippen LogP contribution in [0.5, 0.6) is 0 Å². The number of hydrogen-bond acceptors (Lipinski definition) is 4. The summed E-state index contributed by atoms with van der Waals surface area (Å²) in [6, 6.07) is 2.50. The first-order valence-corrected chi connectivity index (χ1v) is 6.95. The van der Waals surface area contributed by atoms with E-state index < -0.39 is 11.7 Å². The van der Waals surface area contributed by atoms with Crippen molar-refractivity contribution in [3.63, 3.8) is 0 Å². The van der Waals surface area contributed by atoms with Crippen molar-refractivity contribution in [1.82, 2.24) is 20.1 Å². The lowest BCUT2D eigenvalue weighted by Crippen LogP contribution is -2.31. The van der Waals surface area contributed by atoms with Crippen molar-refractivity contribution in [3.8, 4) is 0 Å². The molecule has 2 rings (SSSR count). The first-order valence-electron chi connectivity index (χ1n) is 6.57. The average molecular weight is 348 g/mol. The van der Waals surface area contributed by atoms with E-state index in [0.29, 0.717) is 6.20 Å². The van der Waals surface area contributed by atoms with E-state index in [0.717, 1.165) is 6.07 Å². The second-order valence-corrected chi connectivity index (χ2v) is 4.94. The molecule has 23 heavy (non-hydrogen) atoms. The van der Waals surface area contributed by atoms with E-state index in [1.807, 2.05) is 0 Å². The standard InChI is InChI=1S/C13H13ClF3N5O/c14-10-6-9(13(15,16)17)7-20-12(10)19-4-3-18-11(23)8-22-5-1-2-21-22/h1-2,5-7H,3-4,8H2,(H,18,23)(H,19,20). The van der Waals surface area contributed by atoms with Crippen LogP contribution < -0.4 is 10.6 Å². The molecule has 124 valence electrons. The van der Waals surface area contributed by atoms with E-state index in [9.17, 15) is 18.0 Å². The van der Waals surface area contributed by atoms with E-state index in [1.165, 1.54) is 4.68 Å². The summed E-state index contributed by atoms with van der Waals surface area (Å²) in [4.78, 5) is 15.2. The molecule has 10 heteroatoms. The number of halogens is 4. The van der Waals surface area contributed by atoms with Crippen molar-refractivity contribution in [2.75, 3.05) is 18.4 Å². The van der Waals surface area contributed by atoms with Gasteiger partial charge in [0.05, 0.1) is 10.6 Å². The summed E-state index contributed by atoms with van der Waals surface area (Å²) in [5.74, 6) is -0.108. The minimum absolute atomic E-state index is 0.0896. The molecule has 0 radical (unpaired) electrons. The lowest BCUT2D eigenvalue weighted by Gasteiger charge is -2.11. The summed E-state index contributed by atoms with van der Waals surface area (Å²) in [5.41, 5.74) is -0.916. The highest BCUT2D eigenvalue weighted by atomic mass is 35.5. The Balaban J connectivity index is 1.77. The predicted octanol–water partition coefficient (Wildman–Crippen LogP) is 2.18. The Morgan fingerprint density at radius 2 is 2.13 bits per heavy atom. The van der Waals surface area contributed by atoms with Gasteiger partial charge < -0.3 is 10.6 Å². The second-order valence-electron chi connectivity index (χ2n) is 4.53. The van der Waals surface area contributed by atoms with Crippen LogP contribution in [0.2, 0.25) is 5.02 Å². The van der Waals surface area contributed by atoms with Crippen LogP contribution in [0.25, 0.3) is 0 Å². The fourth-order valence-electron chi connectivity index (χ4n) is 1.70. The molecule has 1 amide bonds. The van der Waals surface area contributed by atoms with Gasteiger partial charge in [-0.2, -0.15) is 18.3 Å². The molecule has 0 fully saturated rings. The first kappa shape index (κ1) is 17.1. The minimum atomic E-state index is -4.49. The summed E-state index contributed by atoms with van der Waals surface area (Å²) in [7, 11) is 0. The van der Waals surface area contributed by atoms with Gasteiger partial charge in [-0.1, -0.05) is 11.6 Å². The van der Waals surface area contributed by atoms with Crippen molar-refractivity contribution in [1.29, 1.82) is 0 Å². The summed E-state index contributed by atoms with van der Waals surface area (Å²) in [6.45, 7) is 0.619. The fraction of sp³-hybridized carbons (Fsp3) is 0.308. The van der Waals surface area contributed by atoms with Crippen molar-refractivity contribution in [3.05, 3.63) is 41.3 Å². The Labute approximate surface area is 134 Å². The third-order valence-corrected chi connectivity index (χ3v) is 3.06. The van der Waals surface area contributed by atoms with Crippen LogP contribution in [0.4, 0.5) is 19.0 Å². The SMILES string of the molecule is O=C(Cn1cccn1)NCCNc1ncc(C(F)(F)F)cc1Cl. The first-order chi connectivity index (χ1) is 10.9. The van der Waals surface area contributed by atoms with E-state index in [2.05, 4.69) is 20.7 Å². The van der Waals surface area contributed by atoms with Crippen LogP contribution in [-0.2, 0) is 17.5 Å². The lowest BCUT2D eigenvalue weighted by molar-refractivity contribution is -0.137. The van der Waals surface area contributed by atoms with Gasteiger partial charge in [-0.3, -0.25) is 9.48 Å². The molecular weight excluding hydrogens is 335 g/mol. The Bertz CT molecular complexity index is 660. The average Bonchev–Trinajstić information content (AvgIpc) is 2.96. The minimum Gasteiger partial charge on any atom is -0.367 e. The van der Waals surface area contributed by atoms with Crippen LogP contribution in [0, 0.1) is 0 Å². The van der Waals surface area contributed by atoms with Gasteiger partial charge in [0.2, 0.25) is 5.91 Å². The van der Waals surface area contributed by atoms with Gasteiger partial charge in [0.1, 0.15) is 12.4 Å². The third kappa shape index (κ3) is 5.13. The predicted molar refractivity (Wildman–Crippen MR) is 78.0 cm³/mol. The Kier molecular flexibility index (Phi) is 5.43. The maximum Gasteiger partial charge on any atom is 0.417 e. The number of nitrogens with one attached hydrogen (secondary N) is 2. The summed E-state index contributed by atoms with van der Waals surface area (Å²) < 4.78 is 38.9. The Morgan fingerprint density at radius 3 is 2.74 bits per heavy atom. The number of carbonyl (C=O) groups is 1. The molecule has 2 aromatic rings. The zero-order valence-corrected chi connectivity index (χ0v) is 12.5. The van der Waals surface area contributed by atoms with Crippen molar-refractivity contribution in [2.24, 2.45) is 0 Å². The molecule has 2 aromatic heterocycles. The van der Waals surface area contributed by atoms with E-state index in [-0.39, 0.29) is 36.4 Å². The number of pyridine rings is 1. The number of amides is 1. The molecular formula is C13H13ClF3N5O. The molecule has 0 aliphatic heterocycles. The van der Waals surface area contributed by atoms with Gasteiger partial charge in [0, 0.05) is 31.7 Å². The van der Waals surface area contributed by atoms with Gasteiger partial charge >= 0.3 is 6.18 Å². The molecule has 6 nitrogen and oxygen atoms in total. The Hall–Kier alpha value is -2.29. The molecule has 0 aliphatic rings. The molecule has 0 aromatic carbocycles. The zero-order chi connectivity index (χ0) is 16.9. The highest BCUT2D eigenvalue weighted by molar-refractivity contribution is 6.32. The highest BCUT2D eigenvalue weighted by Crippen LogP contribution is 2.32. The van der Waals surface area contributed by atoms with Crippen LogP contribution in [0.15, 0.2) is 30.7 Å². The van der Waals surface area contributed by atoms with Crippen LogP contribution in [0.3, 0.4) is 0 Å². The quantitative estimate of drug-likeness (QED) is 0.786. The van der Waals surface area contributed by atoms with Gasteiger partial charge in [0.25, 0.3) is 0 Å². The van der Waals surface area contributed by atoms with Gasteiger partial charge in [0.15, 0.2) is 0 Å². The second kappa shape index (κ2) is 7.32. The smallest absolute Gasteiger partial charge is 0.367 e. The van der Waals surface area contributed by atoms with E-state index in [4.69, 9.17) is 11.6 Å². The van der Waals surface area contributed by atoms with Crippen LogP contribution in [0.1, 0.15) is 5.56 Å². The highest BCUT2D eigenvalue weighted by Gasteiger charge is 2.31. The molecule has 2 N–H and O–H groups in total. The third-order valence-electron chi connectivity index (χ3n) is 2.77. The summed E-state index contributed by atoms with van der Waals surface area (Å²) in [5, 5.41) is 9.15. The maximum absolute atomic E-state index is 12.5. The molecule has 0 aliphatic carbocycles. The normalized spacial score (nSPS) is 11.3. The molecule has 0 unspecified atom stereocenters. The Morgan fingerprint density at radius 1 is 1.35 bits per heavy atom. The van der Waals surface area contributed by atoms with Crippen LogP contribution >= 0.6 is 11.6 Å². The maximum atomic E-state index is 12.5. The van der Waals surface area contributed by atoms with Crippen molar-refractivity contribution in [2.45, 2.75) is 12.7 Å². The molecule has 0 saturated heterocycles. The monoisotopic (exact) mass is 347 g/mol. The van der Waals surface area contributed by atoms with Crippen molar-refractivity contribution < 1.29 is 18.0 Å². The van der Waals surface area contributed by atoms with E-state index in [1.54, 1.807) is 18.5 Å². The molecule has 0 bridgehead atoms. The van der Waals surface area contributed by atoms with Gasteiger partial charge in [-0.05, 0) is 12.1 Å². The molecule has 0 saturated carbocycles. The van der Waals surface area contributed by atoms with Gasteiger partial charge in [-0.15, -0.1) is 0 Å². The fourth-order valence-corrected chi connectivity index (χ4v) is 1.94. The molecule has 2 heterocycles. The summed E-state index contributed by atoms with van der Waals surface area (Å²) >= 11 is 5.75. The number of rotatable bonds is 6. The lowest BCUT2D eigenvalue weighted by atomic mass is 10.3. The summed E-state index contributed by atoms with van der Waals surface area (Å²) in [6.07, 6.45) is -0.572. The number of nitrogens with zero attached hydrogens (tertiary/aromatic N) is 3. The number of alkyl halides is 3. The number of anilines is 1.